The van der Waals surface area contributed by atoms with Crippen molar-refractivity contribution in [2.24, 2.45) is 0 Å². The first-order valence-electron chi connectivity index (χ1n) is 10.0. The van der Waals surface area contributed by atoms with Crippen molar-refractivity contribution in [1.29, 1.82) is 0 Å². The molecule has 4 rings (SSSR count). The maximum Gasteiger partial charge on any atom is 0.243 e. The monoisotopic (exact) mass is 431 g/mol. The van der Waals surface area contributed by atoms with Gasteiger partial charge in [0, 0.05) is 26.2 Å². The fraction of sp³-hybridized carbons (Fsp3) is 0.409. The number of hydrogen-bond donors (Lipinski definition) is 0. The number of hydrogen-bond acceptors (Lipinski definition) is 5. The number of piperazine rings is 1. The molecule has 0 N–H and O–H groups in total. The summed E-state index contributed by atoms with van der Waals surface area (Å²) in [5, 5.41) is 0. The highest BCUT2D eigenvalue weighted by Gasteiger charge is 2.29. The standard InChI is InChI=1S/C22H26FN3O3S/c1-22(2,3)16-4-9-20-19(14-16)24-21(29-20)15-25-10-12-26(13-11-25)30(27,28)18-7-5-17(23)6-8-18/h4-9,14H,10-13,15H2,1-3H3. The fourth-order valence-corrected chi connectivity index (χ4v) is 5.01. The Labute approximate surface area is 176 Å². The van der Waals surface area contributed by atoms with Gasteiger partial charge in [-0.2, -0.15) is 4.31 Å². The van der Waals surface area contributed by atoms with Crippen molar-refractivity contribution in [3.8, 4) is 0 Å². The highest BCUT2D eigenvalue weighted by Crippen LogP contribution is 2.27. The van der Waals surface area contributed by atoms with E-state index in [0.717, 1.165) is 11.1 Å². The van der Waals surface area contributed by atoms with Crippen molar-refractivity contribution in [2.75, 3.05) is 26.2 Å². The number of sulfonamides is 1. The lowest BCUT2D eigenvalue weighted by atomic mass is 9.87. The minimum atomic E-state index is -3.61. The lowest BCUT2D eigenvalue weighted by molar-refractivity contribution is 0.169. The van der Waals surface area contributed by atoms with Crippen LogP contribution in [0.3, 0.4) is 0 Å². The summed E-state index contributed by atoms with van der Waals surface area (Å²) in [4.78, 5) is 6.88. The molecule has 0 spiro atoms. The van der Waals surface area contributed by atoms with Crippen molar-refractivity contribution in [1.82, 2.24) is 14.2 Å². The van der Waals surface area contributed by atoms with Gasteiger partial charge in [0.15, 0.2) is 5.58 Å². The third kappa shape index (κ3) is 4.26. The molecule has 30 heavy (non-hydrogen) atoms. The molecule has 1 fully saturated rings. The molecular formula is C22H26FN3O3S. The van der Waals surface area contributed by atoms with E-state index in [2.05, 4.69) is 42.8 Å². The number of oxazole rings is 1. The molecule has 160 valence electrons. The Bertz CT molecular complexity index is 1140. The number of halogens is 1. The third-order valence-electron chi connectivity index (χ3n) is 5.44. The normalized spacial score (nSPS) is 16.9. The molecule has 0 bridgehead atoms. The van der Waals surface area contributed by atoms with Crippen LogP contribution in [0.5, 0.6) is 0 Å². The molecule has 0 radical (unpaired) electrons. The summed E-state index contributed by atoms with van der Waals surface area (Å²) in [6.07, 6.45) is 0. The summed E-state index contributed by atoms with van der Waals surface area (Å²) in [6, 6.07) is 11.0. The summed E-state index contributed by atoms with van der Waals surface area (Å²) in [5.74, 6) is 0.178. The van der Waals surface area contributed by atoms with Gasteiger partial charge in [-0.15, -0.1) is 0 Å². The molecule has 6 nitrogen and oxygen atoms in total. The number of nitrogens with zero attached hydrogens (tertiary/aromatic N) is 3. The molecule has 8 heteroatoms. The average molecular weight is 432 g/mol. The first kappa shape index (κ1) is 21.0. The van der Waals surface area contributed by atoms with Crippen LogP contribution in [0.1, 0.15) is 32.2 Å². The molecule has 0 saturated carbocycles. The summed E-state index contributed by atoms with van der Waals surface area (Å²) < 4.78 is 45.9. The fourth-order valence-electron chi connectivity index (χ4n) is 3.58. The van der Waals surface area contributed by atoms with E-state index < -0.39 is 15.8 Å². The zero-order valence-electron chi connectivity index (χ0n) is 17.4. The van der Waals surface area contributed by atoms with Crippen LogP contribution in [0.25, 0.3) is 11.1 Å². The quantitative estimate of drug-likeness (QED) is 0.629. The Hall–Kier alpha value is -2.29. The van der Waals surface area contributed by atoms with Crippen LogP contribution in [0.4, 0.5) is 4.39 Å². The van der Waals surface area contributed by atoms with Crippen LogP contribution < -0.4 is 0 Å². The summed E-state index contributed by atoms with van der Waals surface area (Å²) in [5.41, 5.74) is 2.85. The van der Waals surface area contributed by atoms with Crippen LogP contribution in [-0.4, -0.2) is 48.8 Å². The smallest absolute Gasteiger partial charge is 0.243 e. The van der Waals surface area contributed by atoms with Crippen LogP contribution in [0.2, 0.25) is 0 Å². The highest BCUT2D eigenvalue weighted by atomic mass is 32.2. The number of aromatic nitrogens is 1. The highest BCUT2D eigenvalue weighted by molar-refractivity contribution is 7.89. The Balaban J connectivity index is 1.42. The maximum atomic E-state index is 13.1. The largest absolute Gasteiger partial charge is 0.439 e. The molecule has 1 aromatic heterocycles. The Kier molecular flexibility index (Phi) is 5.42. The van der Waals surface area contributed by atoms with E-state index in [0.29, 0.717) is 38.6 Å². The van der Waals surface area contributed by atoms with E-state index in [-0.39, 0.29) is 10.3 Å². The van der Waals surface area contributed by atoms with E-state index >= 15 is 0 Å². The van der Waals surface area contributed by atoms with Gasteiger partial charge in [-0.1, -0.05) is 26.8 Å². The second kappa shape index (κ2) is 7.76. The lowest BCUT2D eigenvalue weighted by Gasteiger charge is -2.33. The molecule has 0 aliphatic carbocycles. The van der Waals surface area contributed by atoms with E-state index in [1.54, 1.807) is 0 Å². The maximum absolute atomic E-state index is 13.1. The zero-order chi connectivity index (χ0) is 21.5. The predicted molar refractivity (Wildman–Crippen MR) is 113 cm³/mol. The van der Waals surface area contributed by atoms with Gasteiger partial charge in [0.05, 0.1) is 11.4 Å². The first-order valence-corrected chi connectivity index (χ1v) is 11.4. The summed E-state index contributed by atoms with van der Waals surface area (Å²) in [6.45, 7) is 8.91. The number of fused-ring (bicyclic) bond motifs is 1. The molecule has 1 saturated heterocycles. The average Bonchev–Trinajstić information content (AvgIpc) is 3.09. The van der Waals surface area contributed by atoms with Gasteiger partial charge in [0.2, 0.25) is 15.9 Å². The summed E-state index contributed by atoms with van der Waals surface area (Å²) in [7, 11) is -3.61. The Morgan fingerprint density at radius 1 is 1.03 bits per heavy atom. The first-order chi connectivity index (χ1) is 14.1. The second-order valence-electron chi connectivity index (χ2n) is 8.67. The van der Waals surface area contributed by atoms with Gasteiger partial charge in [-0.3, -0.25) is 4.90 Å². The molecule has 1 aliphatic heterocycles. The van der Waals surface area contributed by atoms with Gasteiger partial charge < -0.3 is 4.42 Å². The van der Waals surface area contributed by atoms with E-state index in [1.165, 1.54) is 34.1 Å². The SMILES string of the molecule is CC(C)(C)c1ccc2oc(CN3CCN(S(=O)(=O)c4ccc(F)cc4)CC3)nc2c1. The van der Waals surface area contributed by atoms with Crippen molar-refractivity contribution in [3.63, 3.8) is 0 Å². The Morgan fingerprint density at radius 3 is 2.33 bits per heavy atom. The van der Waals surface area contributed by atoms with Gasteiger partial charge in [0.25, 0.3) is 0 Å². The molecule has 0 amide bonds. The second-order valence-corrected chi connectivity index (χ2v) is 10.6. The van der Waals surface area contributed by atoms with Crippen LogP contribution in [-0.2, 0) is 22.0 Å². The van der Waals surface area contributed by atoms with Gasteiger partial charge >= 0.3 is 0 Å². The Morgan fingerprint density at radius 2 is 1.70 bits per heavy atom. The minimum absolute atomic E-state index is 0.0413. The van der Waals surface area contributed by atoms with E-state index in [9.17, 15) is 12.8 Å². The van der Waals surface area contributed by atoms with Crippen LogP contribution in [0.15, 0.2) is 51.8 Å². The molecule has 3 aromatic rings. The van der Waals surface area contributed by atoms with Gasteiger partial charge in [-0.05, 0) is 47.4 Å². The minimum Gasteiger partial charge on any atom is -0.439 e. The third-order valence-corrected chi connectivity index (χ3v) is 7.35. The summed E-state index contributed by atoms with van der Waals surface area (Å²) >= 11 is 0. The van der Waals surface area contributed by atoms with Gasteiger partial charge in [0.1, 0.15) is 11.3 Å². The van der Waals surface area contributed by atoms with Crippen LogP contribution in [0, 0.1) is 5.82 Å². The molecule has 1 aliphatic rings. The molecule has 0 unspecified atom stereocenters. The lowest BCUT2D eigenvalue weighted by Crippen LogP contribution is -2.48. The van der Waals surface area contributed by atoms with E-state index in [1.807, 2.05) is 6.07 Å². The predicted octanol–water partition coefficient (Wildman–Crippen LogP) is 3.77. The number of rotatable bonds is 4. The van der Waals surface area contributed by atoms with Crippen LogP contribution >= 0.6 is 0 Å². The molecule has 2 aromatic carbocycles. The molecular weight excluding hydrogens is 405 g/mol. The van der Waals surface area contributed by atoms with Crippen molar-refractivity contribution >= 4 is 21.1 Å². The van der Waals surface area contributed by atoms with Crippen molar-refractivity contribution in [3.05, 3.63) is 59.7 Å². The zero-order valence-corrected chi connectivity index (χ0v) is 18.2. The van der Waals surface area contributed by atoms with Gasteiger partial charge in [-0.25, -0.2) is 17.8 Å². The van der Waals surface area contributed by atoms with E-state index in [4.69, 9.17) is 4.42 Å². The molecule has 2 heterocycles. The van der Waals surface area contributed by atoms with Crippen molar-refractivity contribution < 1.29 is 17.2 Å². The van der Waals surface area contributed by atoms with Crippen molar-refractivity contribution in [2.45, 2.75) is 37.6 Å². The number of benzene rings is 2. The topological polar surface area (TPSA) is 66.7 Å². The molecule has 0 atom stereocenters.